The minimum atomic E-state index is -0.328. The van der Waals surface area contributed by atoms with Gasteiger partial charge in [0.05, 0.1) is 13.3 Å². The molecule has 2 rings (SSSR count). The number of benzene rings is 2. The molecule has 5 nitrogen and oxygen atoms in total. The summed E-state index contributed by atoms with van der Waals surface area (Å²) in [5, 5.41) is 13.0. The second kappa shape index (κ2) is 7.64. The molecule has 0 unspecified atom stereocenters. The van der Waals surface area contributed by atoms with Crippen LogP contribution < -0.4 is 10.2 Å². The van der Waals surface area contributed by atoms with Gasteiger partial charge < -0.3 is 9.84 Å². The number of hydrazone groups is 1. The van der Waals surface area contributed by atoms with E-state index in [4.69, 9.17) is 9.84 Å². The number of ether oxygens (including phenoxy) is 1. The minimum Gasteiger partial charge on any atom is -0.508 e. The van der Waals surface area contributed by atoms with Crippen LogP contribution in [0.5, 0.6) is 11.5 Å². The molecular formula is C17H16N2O3. The molecule has 112 valence electrons. The van der Waals surface area contributed by atoms with Crippen LogP contribution in [0.3, 0.4) is 0 Å². The second-order valence-corrected chi connectivity index (χ2v) is 4.43. The molecule has 0 bridgehead atoms. The molecule has 22 heavy (non-hydrogen) atoms. The van der Waals surface area contributed by atoms with Crippen LogP contribution in [0.2, 0.25) is 0 Å². The summed E-state index contributed by atoms with van der Waals surface area (Å²) in [6, 6.07) is 13.8. The maximum Gasteiger partial charge on any atom is 0.264 e. The summed E-state index contributed by atoms with van der Waals surface area (Å²) in [6.07, 6.45) is 4.58. The molecule has 0 atom stereocenters. The highest BCUT2D eigenvalue weighted by Gasteiger charge is 1.94. The fraction of sp³-hybridized carbons (Fsp3) is 0.0588. The van der Waals surface area contributed by atoms with Gasteiger partial charge in [-0.1, -0.05) is 12.1 Å². The molecule has 0 fully saturated rings. The van der Waals surface area contributed by atoms with Crippen molar-refractivity contribution in [2.24, 2.45) is 5.10 Å². The molecular weight excluding hydrogens is 280 g/mol. The predicted octanol–water partition coefficient (Wildman–Crippen LogP) is 2.56. The fourth-order valence-corrected chi connectivity index (χ4v) is 1.66. The Morgan fingerprint density at radius 2 is 1.73 bits per heavy atom. The van der Waals surface area contributed by atoms with Crippen LogP contribution in [-0.2, 0) is 4.79 Å². The number of nitrogens with zero attached hydrogens (tertiary/aromatic N) is 1. The van der Waals surface area contributed by atoms with Gasteiger partial charge in [-0.15, -0.1) is 0 Å². The Balaban J connectivity index is 1.86. The zero-order valence-corrected chi connectivity index (χ0v) is 12.1. The largest absolute Gasteiger partial charge is 0.508 e. The zero-order valence-electron chi connectivity index (χ0n) is 12.1. The van der Waals surface area contributed by atoms with Gasteiger partial charge in [-0.05, 0) is 53.6 Å². The molecule has 0 spiro atoms. The van der Waals surface area contributed by atoms with Gasteiger partial charge in [0.2, 0.25) is 0 Å². The highest BCUT2D eigenvalue weighted by Crippen LogP contribution is 2.12. The standard InChI is InChI=1S/C17H16N2O3/c1-22-16-9-4-13(5-10-16)6-11-17(21)19-18-12-14-2-7-15(20)8-3-14/h2-12,20H,1H3,(H,19,21)/b11-6+,18-12-. The van der Waals surface area contributed by atoms with E-state index in [1.807, 2.05) is 24.3 Å². The van der Waals surface area contributed by atoms with Crippen molar-refractivity contribution in [1.29, 1.82) is 0 Å². The van der Waals surface area contributed by atoms with E-state index in [-0.39, 0.29) is 11.7 Å². The van der Waals surface area contributed by atoms with Crippen molar-refractivity contribution in [1.82, 2.24) is 5.43 Å². The maximum atomic E-state index is 11.6. The maximum absolute atomic E-state index is 11.6. The van der Waals surface area contributed by atoms with Crippen molar-refractivity contribution < 1.29 is 14.6 Å². The molecule has 0 aliphatic heterocycles. The Morgan fingerprint density at radius 1 is 1.09 bits per heavy atom. The first-order valence-electron chi connectivity index (χ1n) is 6.61. The summed E-state index contributed by atoms with van der Waals surface area (Å²) >= 11 is 0. The summed E-state index contributed by atoms with van der Waals surface area (Å²) in [5.41, 5.74) is 4.06. The van der Waals surface area contributed by atoms with E-state index in [1.165, 1.54) is 12.3 Å². The predicted molar refractivity (Wildman–Crippen MR) is 85.9 cm³/mol. The van der Waals surface area contributed by atoms with Gasteiger partial charge in [-0.25, -0.2) is 5.43 Å². The number of rotatable bonds is 5. The third kappa shape index (κ3) is 4.79. The van der Waals surface area contributed by atoms with Gasteiger partial charge in [0.25, 0.3) is 5.91 Å². The van der Waals surface area contributed by atoms with Crippen molar-refractivity contribution in [3.05, 3.63) is 65.7 Å². The lowest BCUT2D eigenvalue weighted by Gasteiger charge is -1.99. The summed E-state index contributed by atoms with van der Waals surface area (Å²) in [7, 11) is 1.60. The van der Waals surface area contributed by atoms with E-state index in [2.05, 4.69) is 10.5 Å². The molecule has 0 radical (unpaired) electrons. The number of phenols is 1. The Morgan fingerprint density at radius 3 is 2.36 bits per heavy atom. The van der Waals surface area contributed by atoms with Crippen molar-refractivity contribution in [2.45, 2.75) is 0 Å². The third-order valence-electron chi connectivity index (χ3n) is 2.82. The van der Waals surface area contributed by atoms with Crippen molar-refractivity contribution in [2.75, 3.05) is 7.11 Å². The average Bonchev–Trinajstić information content (AvgIpc) is 2.55. The van der Waals surface area contributed by atoms with Crippen LogP contribution >= 0.6 is 0 Å². The highest BCUT2D eigenvalue weighted by molar-refractivity contribution is 5.92. The Kier molecular flexibility index (Phi) is 5.31. The van der Waals surface area contributed by atoms with Gasteiger partial charge >= 0.3 is 0 Å². The topological polar surface area (TPSA) is 70.9 Å². The van der Waals surface area contributed by atoms with Gasteiger partial charge in [0.15, 0.2) is 0 Å². The lowest BCUT2D eigenvalue weighted by molar-refractivity contribution is -0.116. The molecule has 2 aromatic rings. The number of carbonyl (C=O) groups is 1. The molecule has 0 aliphatic rings. The average molecular weight is 296 g/mol. The first-order valence-corrected chi connectivity index (χ1v) is 6.61. The monoisotopic (exact) mass is 296 g/mol. The van der Waals surface area contributed by atoms with Crippen LogP contribution in [0, 0.1) is 0 Å². The first-order chi connectivity index (χ1) is 10.7. The summed E-state index contributed by atoms with van der Waals surface area (Å²) in [5.74, 6) is 0.620. The van der Waals surface area contributed by atoms with Gasteiger partial charge in [-0.2, -0.15) is 5.10 Å². The SMILES string of the molecule is COc1ccc(/C=C/C(=O)N/N=C\c2ccc(O)cc2)cc1. The molecule has 1 amide bonds. The lowest BCUT2D eigenvalue weighted by atomic mass is 10.2. The molecule has 5 heteroatoms. The highest BCUT2D eigenvalue weighted by atomic mass is 16.5. The fourth-order valence-electron chi connectivity index (χ4n) is 1.66. The van der Waals surface area contributed by atoms with Crippen molar-refractivity contribution >= 4 is 18.2 Å². The van der Waals surface area contributed by atoms with E-state index >= 15 is 0 Å². The van der Waals surface area contributed by atoms with E-state index in [9.17, 15) is 4.79 Å². The number of nitrogens with one attached hydrogen (secondary N) is 1. The normalized spacial score (nSPS) is 11.0. The number of methoxy groups -OCH3 is 1. The lowest BCUT2D eigenvalue weighted by Crippen LogP contribution is -2.14. The van der Waals surface area contributed by atoms with Crippen LogP contribution in [0.25, 0.3) is 6.08 Å². The van der Waals surface area contributed by atoms with E-state index in [0.717, 1.165) is 16.9 Å². The smallest absolute Gasteiger partial charge is 0.264 e. The molecule has 0 saturated carbocycles. The van der Waals surface area contributed by atoms with Gasteiger partial charge in [0, 0.05) is 6.08 Å². The number of hydrogen-bond acceptors (Lipinski definition) is 4. The quantitative estimate of drug-likeness (QED) is 0.506. The van der Waals surface area contributed by atoms with E-state index in [1.54, 1.807) is 37.5 Å². The first kappa shape index (κ1) is 15.3. The van der Waals surface area contributed by atoms with Crippen LogP contribution in [0.1, 0.15) is 11.1 Å². The Hall–Kier alpha value is -3.08. The number of amides is 1. The Labute approximate surface area is 128 Å². The minimum absolute atomic E-state index is 0.184. The molecule has 2 N–H and O–H groups in total. The van der Waals surface area contributed by atoms with Crippen LogP contribution in [-0.4, -0.2) is 24.3 Å². The van der Waals surface area contributed by atoms with E-state index in [0.29, 0.717) is 0 Å². The number of aromatic hydroxyl groups is 1. The van der Waals surface area contributed by atoms with E-state index < -0.39 is 0 Å². The van der Waals surface area contributed by atoms with Crippen molar-refractivity contribution in [3.8, 4) is 11.5 Å². The molecule has 0 aliphatic carbocycles. The summed E-state index contributed by atoms with van der Waals surface area (Å²) in [6.45, 7) is 0. The van der Waals surface area contributed by atoms with Crippen molar-refractivity contribution in [3.63, 3.8) is 0 Å². The summed E-state index contributed by atoms with van der Waals surface area (Å²) < 4.78 is 5.06. The second-order valence-electron chi connectivity index (χ2n) is 4.43. The van der Waals surface area contributed by atoms with Crippen LogP contribution in [0.15, 0.2) is 59.7 Å². The molecule has 0 heterocycles. The number of carbonyl (C=O) groups excluding carboxylic acids is 1. The number of phenolic OH excluding ortho intramolecular Hbond substituents is 1. The Bertz CT molecular complexity index is 674. The number of hydrogen-bond donors (Lipinski definition) is 2. The van der Waals surface area contributed by atoms with Gasteiger partial charge in [-0.3, -0.25) is 4.79 Å². The van der Waals surface area contributed by atoms with Gasteiger partial charge in [0.1, 0.15) is 11.5 Å². The third-order valence-corrected chi connectivity index (χ3v) is 2.82. The molecule has 0 aromatic heterocycles. The molecule has 2 aromatic carbocycles. The van der Waals surface area contributed by atoms with Crippen LogP contribution in [0.4, 0.5) is 0 Å². The zero-order chi connectivity index (χ0) is 15.8. The molecule has 0 saturated heterocycles. The summed E-state index contributed by atoms with van der Waals surface area (Å²) in [4.78, 5) is 11.6.